The largest absolute Gasteiger partial charge is 0.486 e. The molecule has 0 saturated carbocycles. The molecule has 1 aliphatic rings. The van der Waals surface area contributed by atoms with E-state index in [1.54, 1.807) is 23.5 Å². The minimum absolute atomic E-state index is 0.00835. The third-order valence-corrected chi connectivity index (χ3v) is 6.24. The number of aromatic nitrogens is 1. The van der Waals surface area contributed by atoms with Crippen molar-refractivity contribution in [1.29, 1.82) is 0 Å². The zero-order chi connectivity index (χ0) is 19.6. The fourth-order valence-corrected chi connectivity index (χ4v) is 4.80. The Labute approximate surface area is 172 Å². The predicted octanol–water partition coefficient (Wildman–Crippen LogP) is 5.45. The Balaban J connectivity index is 1.31. The van der Waals surface area contributed by atoms with Crippen LogP contribution in [0.1, 0.15) is 40.2 Å². The smallest absolute Gasteiger partial charge is 0.290 e. The van der Waals surface area contributed by atoms with E-state index in [2.05, 4.69) is 6.07 Å². The van der Waals surface area contributed by atoms with Crippen LogP contribution in [0, 0.1) is 0 Å². The maximum Gasteiger partial charge on any atom is 0.290 e. The predicted molar refractivity (Wildman–Crippen MR) is 112 cm³/mol. The first-order valence-electron chi connectivity index (χ1n) is 9.71. The highest BCUT2D eigenvalue weighted by atomic mass is 32.1. The van der Waals surface area contributed by atoms with Crippen LogP contribution in [0.15, 0.2) is 71.1 Å². The first-order chi connectivity index (χ1) is 14.3. The van der Waals surface area contributed by atoms with E-state index < -0.39 is 0 Å². The van der Waals surface area contributed by atoms with Gasteiger partial charge in [0.05, 0.1) is 16.3 Å². The second kappa shape index (κ2) is 7.72. The number of benzene rings is 2. The van der Waals surface area contributed by atoms with E-state index in [4.69, 9.17) is 14.1 Å². The highest BCUT2D eigenvalue weighted by Crippen LogP contribution is 2.37. The average molecular weight is 404 g/mol. The maximum absolute atomic E-state index is 13.1. The van der Waals surface area contributed by atoms with Crippen LogP contribution in [-0.4, -0.2) is 22.3 Å². The molecule has 5 nitrogen and oxygen atoms in total. The van der Waals surface area contributed by atoms with E-state index in [9.17, 15) is 4.79 Å². The maximum atomic E-state index is 13.1. The van der Waals surface area contributed by atoms with E-state index in [1.807, 2.05) is 53.4 Å². The van der Waals surface area contributed by atoms with Crippen molar-refractivity contribution >= 4 is 27.5 Å². The van der Waals surface area contributed by atoms with Crippen molar-refractivity contribution in [3.05, 3.63) is 83.3 Å². The molecule has 0 bridgehead atoms. The lowest BCUT2D eigenvalue weighted by Crippen LogP contribution is -2.30. The molecule has 5 rings (SSSR count). The molecular formula is C23H20N2O3S. The molecule has 3 heterocycles. The van der Waals surface area contributed by atoms with Gasteiger partial charge in [0.1, 0.15) is 23.1 Å². The van der Waals surface area contributed by atoms with Gasteiger partial charge in [-0.2, -0.15) is 0 Å². The van der Waals surface area contributed by atoms with Crippen LogP contribution in [0.3, 0.4) is 0 Å². The number of thiazole rings is 1. The lowest BCUT2D eigenvalue weighted by Gasteiger charge is -2.21. The summed E-state index contributed by atoms with van der Waals surface area (Å²) in [6.45, 7) is 1.01. The summed E-state index contributed by atoms with van der Waals surface area (Å²) in [7, 11) is 0. The molecular weight excluding hydrogens is 384 g/mol. The molecule has 0 N–H and O–H groups in total. The molecule has 1 aliphatic heterocycles. The Bertz CT molecular complexity index is 1100. The number of nitrogens with zero attached hydrogens (tertiary/aromatic N) is 2. The van der Waals surface area contributed by atoms with Gasteiger partial charge < -0.3 is 14.1 Å². The lowest BCUT2D eigenvalue weighted by molar-refractivity contribution is 0.0699. The van der Waals surface area contributed by atoms with E-state index in [1.165, 1.54) is 0 Å². The molecule has 1 fully saturated rings. The monoisotopic (exact) mass is 404 g/mol. The van der Waals surface area contributed by atoms with Crippen LogP contribution >= 0.6 is 11.3 Å². The number of para-hydroxylation sites is 2. The second-order valence-corrected chi connectivity index (χ2v) is 8.11. The SMILES string of the molecule is O=C(c1ccc(COc2ccccc2)o1)N1CCCC1c1nc2ccccc2s1. The minimum atomic E-state index is -0.0854. The first-order valence-corrected chi connectivity index (χ1v) is 10.5. The molecule has 0 radical (unpaired) electrons. The van der Waals surface area contributed by atoms with Crippen LogP contribution in [-0.2, 0) is 6.61 Å². The summed E-state index contributed by atoms with van der Waals surface area (Å²) in [4.78, 5) is 19.8. The molecule has 1 saturated heterocycles. The average Bonchev–Trinajstić information content (AvgIpc) is 3.51. The number of likely N-dealkylation sites (tertiary alicyclic amines) is 1. The molecule has 2 aromatic heterocycles. The van der Waals surface area contributed by atoms with Crippen LogP contribution in [0.25, 0.3) is 10.2 Å². The number of ether oxygens (including phenoxy) is 1. The Kier molecular flexibility index (Phi) is 4.77. The van der Waals surface area contributed by atoms with Gasteiger partial charge >= 0.3 is 0 Å². The highest BCUT2D eigenvalue weighted by Gasteiger charge is 2.34. The van der Waals surface area contributed by atoms with Crippen molar-refractivity contribution in [2.45, 2.75) is 25.5 Å². The molecule has 1 unspecified atom stereocenters. The van der Waals surface area contributed by atoms with Gasteiger partial charge in [0.2, 0.25) is 0 Å². The normalized spacial score (nSPS) is 16.4. The first kappa shape index (κ1) is 17.9. The zero-order valence-electron chi connectivity index (χ0n) is 15.8. The standard InChI is InChI=1S/C23H20N2O3S/c26-23(20-13-12-17(28-20)15-27-16-7-2-1-3-8-16)25-14-6-10-19(25)22-24-18-9-4-5-11-21(18)29-22/h1-5,7-9,11-13,19H,6,10,14-15H2. The molecule has 0 spiro atoms. The van der Waals surface area contributed by atoms with Gasteiger partial charge in [-0.05, 0) is 49.2 Å². The number of carbonyl (C=O) groups is 1. The molecule has 4 aromatic rings. The van der Waals surface area contributed by atoms with E-state index in [0.29, 0.717) is 18.1 Å². The van der Waals surface area contributed by atoms with Crippen molar-refractivity contribution in [3.8, 4) is 5.75 Å². The second-order valence-electron chi connectivity index (χ2n) is 7.04. The van der Waals surface area contributed by atoms with Gasteiger partial charge in [-0.3, -0.25) is 4.79 Å². The van der Waals surface area contributed by atoms with Crippen molar-refractivity contribution in [2.75, 3.05) is 6.54 Å². The number of fused-ring (bicyclic) bond motifs is 1. The molecule has 146 valence electrons. The summed E-state index contributed by atoms with van der Waals surface area (Å²) in [5, 5.41) is 0.997. The topological polar surface area (TPSA) is 55.6 Å². The van der Waals surface area contributed by atoms with Crippen LogP contribution in [0.5, 0.6) is 5.75 Å². The van der Waals surface area contributed by atoms with Crippen molar-refractivity contribution < 1.29 is 13.9 Å². The minimum Gasteiger partial charge on any atom is -0.486 e. The van der Waals surface area contributed by atoms with Crippen molar-refractivity contribution in [3.63, 3.8) is 0 Å². The highest BCUT2D eigenvalue weighted by molar-refractivity contribution is 7.18. The number of furan rings is 1. The van der Waals surface area contributed by atoms with Crippen LogP contribution in [0.2, 0.25) is 0 Å². The van der Waals surface area contributed by atoms with E-state index >= 15 is 0 Å². The van der Waals surface area contributed by atoms with Crippen LogP contribution in [0.4, 0.5) is 0 Å². The zero-order valence-corrected chi connectivity index (χ0v) is 16.6. The number of carbonyl (C=O) groups excluding carboxylic acids is 1. The summed E-state index contributed by atoms with van der Waals surface area (Å²) in [6.07, 6.45) is 1.90. The molecule has 6 heteroatoms. The van der Waals surface area contributed by atoms with Gasteiger partial charge in [-0.1, -0.05) is 30.3 Å². The van der Waals surface area contributed by atoms with Crippen LogP contribution < -0.4 is 4.74 Å². The number of hydrogen-bond acceptors (Lipinski definition) is 5. The summed E-state index contributed by atoms with van der Waals surface area (Å²) < 4.78 is 12.7. The fourth-order valence-electron chi connectivity index (χ4n) is 3.68. The summed E-state index contributed by atoms with van der Waals surface area (Å²) >= 11 is 1.67. The molecule has 0 aliphatic carbocycles. The Morgan fingerprint density at radius 2 is 1.93 bits per heavy atom. The van der Waals surface area contributed by atoms with Gasteiger partial charge in [0, 0.05) is 6.54 Å². The van der Waals surface area contributed by atoms with Gasteiger partial charge in [-0.25, -0.2) is 4.98 Å². The third-order valence-electron chi connectivity index (χ3n) is 5.11. The fraction of sp³-hybridized carbons (Fsp3) is 0.217. The van der Waals surface area contributed by atoms with Gasteiger partial charge in [0.25, 0.3) is 5.91 Å². The lowest BCUT2D eigenvalue weighted by atomic mass is 10.2. The van der Waals surface area contributed by atoms with Crippen molar-refractivity contribution in [2.24, 2.45) is 0 Å². The summed E-state index contributed by atoms with van der Waals surface area (Å²) in [6, 6.07) is 21.2. The molecule has 1 amide bonds. The Morgan fingerprint density at radius 1 is 1.10 bits per heavy atom. The molecule has 29 heavy (non-hydrogen) atoms. The summed E-state index contributed by atoms with van der Waals surface area (Å²) in [5.74, 6) is 1.67. The Hall–Kier alpha value is -3.12. The van der Waals surface area contributed by atoms with E-state index in [-0.39, 0.29) is 11.9 Å². The number of rotatable bonds is 5. The van der Waals surface area contributed by atoms with Crippen molar-refractivity contribution in [1.82, 2.24) is 9.88 Å². The number of hydrogen-bond donors (Lipinski definition) is 0. The number of amides is 1. The third kappa shape index (κ3) is 3.63. The molecule has 1 atom stereocenters. The van der Waals surface area contributed by atoms with Gasteiger partial charge in [0.15, 0.2) is 5.76 Å². The summed E-state index contributed by atoms with van der Waals surface area (Å²) in [5.41, 5.74) is 0.991. The van der Waals surface area contributed by atoms with E-state index in [0.717, 1.165) is 40.4 Å². The van der Waals surface area contributed by atoms with Gasteiger partial charge in [-0.15, -0.1) is 11.3 Å². The quantitative estimate of drug-likeness (QED) is 0.444. The Morgan fingerprint density at radius 3 is 2.79 bits per heavy atom. The molecule has 2 aromatic carbocycles.